The normalized spacial score (nSPS) is 22.4. The van der Waals surface area contributed by atoms with Crippen molar-refractivity contribution in [3.05, 3.63) is 29.8 Å². The monoisotopic (exact) mass is 275 g/mol. The molecule has 4 heteroatoms. The molecule has 1 saturated heterocycles. The Kier molecular flexibility index (Phi) is 4.42. The van der Waals surface area contributed by atoms with Crippen LogP contribution in [-0.2, 0) is 16.0 Å². The maximum absolute atomic E-state index is 12.0. The van der Waals surface area contributed by atoms with E-state index >= 15 is 0 Å². The summed E-state index contributed by atoms with van der Waals surface area (Å²) in [5, 5.41) is 0. The number of methoxy groups -OCH3 is 1. The third-order valence-corrected chi connectivity index (χ3v) is 4.08. The van der Waals surface area contributed by atoms with Gasteiger partial charge in [0.05, 0.1) is 7.11 Å². The Morgan fingerprint density at radius 1 is 1.10 bits per heavy atom. The molecule has 108 valence electrons. The molecule has 0 spiro atoms. The van der Waals surface area contributed by atoms with Crippen molar-refractivity contribution >= 4 is 11.8 Å². The van der Waals surface area contributed by atoms with Crippen LogP contribution >= 0.6 is 0 Å². The van der Waals surface area contributed by atoms with Crippen LogP contribution in [0.2, 0.25) is 0 Å². The predicted octanol–water partition coefficient (Wildman–Crippen LogP) is 2.27. The van der Waals surface area contributed by atoms with Gasteiger partial charge in [0.25, 0.3) is 0 Å². The van der Waals surface area contributed by atoms with Gasteiger partial charge in [0.15, 0.2) is 0 Å². The molecule has 1 fully saturated rings. The van der Waals surface area contributed by atoms with Crippen LogP contribution in [0.5, 0.6) is 5.75 Å². The minimum Gasteiger partial charge on any atom is -0.496 e. The molecule has 0 aromatic heterocycles. The van der Waals surface area contributed by atoms with E-state index in [-0.39, 0.29) is 23.7 Å². The molecule has 4 nitrogen and oxygen atoms in total. The molecule has 1 aromatic carbocycles. The molecular weight excluding hydrogens is 254 g/mol. The van der Waals surface area contributed by atoms with Crippen LogP contribution in [0.15, 0.2) is 24.3 Å². The second-order valence-corrected chi connectivity index (χ2v) is 5.32. The molecule has 0 radical (unpaired) electrons. The average Bonchev–Trinajstić information content (AvgIpc) is 2.65. The van der Waals surface area contributed by atoms with Gasteiger partial charge in [-0.2, -0.15) is 0 Å². The van der Waals surface area contributed by atoms with Crippen LogP contribution in [0.1, 0.15) is 25.8 Å². The lowest BCUT2D eigenvalue weighted by atomic mass is 10.00. The van der Waals surface area contributed by atoms with E-state index in [1.807, 2.05) is 38.1 Å². The molecule has 0 aliphatic carbocycles. The van der Waals surface area contributed by atoms with Crippen LogP contribution < -0.4 is 4.74 Å². The summed E-state index contributed by atoms with van der Waals surface area (Å²) in [6, 6.07) is 7.83. The first-order chi connectivity index (χ1) is 9.56. The number of rotatable bonds is 5. The van der Waals surface area contributed by atoms with E-state index in [1.54, 1.807) is 7.11 Å². The Bertz CT molecular complexity index is 492. The van der Waals surface area contributed by atoms with E-state index in [4.69, 9.17) is 4.74 Å². The number of nitrogens with zero attached hydrogens (tertiary/aromatic N) is 1. The molecule has 0 unspecified atom stereocenters. The van der Waals surface area contributed by atoms with Crippen LogP contribution in [0.25, 0.3) is 0 Å². The molecule has 0 bridgehead atoms. The number of hydrogen-bond donors (Lipinski definition) is 0. The number of amides is 2. The Balaban J connectivity index is 1.93. The Morgan fingerprint density at radius 2 is 1.70 bits per heavy atom. The number of likely N-dealkylation sites (tertiary alicyclic amines) is 1. The fraction of sp³-hybridized carbons (Fsp3) is 0.500. The minimum atomic E-state index is -0.186. The van der Waals surface area contributed by atoms with Gasteiger partial charge in [0, 0.05) is 18.4 Å². The highest BCUT2D eigenvalue weighted by atomic mass is 16.5. The topological polar surface area (TPSA) is 46.6 Å². The first-order valence-corrected chi connectivity index (χ1v) is 7.03. The van der Waals surface area contributed by atoms with Crippen LogP contribution in [0, 0.1) is 11.8 Å². The summed E-state index contributed by atoms with van der Waals surface area (Å²) < 4.78 is 5.30. The zero-order valence-electron chi connectivity index (χ0n) is 12.3. The standard InChI is InChI=1S/C16H21NO3/c1-11-12(2)16(19)17(15(11)18)10-6-8-13-7-4-5-9-14(13)20-3/h4-5,7,9,11-12H,6,8,10H2,1-3H3/t11-,12-/m1/s1. The summed E-state index contributed by atoms with van der Waals surface area (Å²) in [6.07, 6.45) is 1.56. The lowest BCUT2D eigenvalue weighted by Gasteiger charge is -2.15. The number of para-hydroxylation sites is 1. The number of ether oxygens (including phenoxy) is 1. The SMILES string of the molecule is COc1ccccc1CCCN1C(=O)[C@H](C)[C@@H](C)C1=O. The zero-order chi connectivity index (χ0) is 14.7. The fourth-order valence-corrected chi connectivity index (χ4v) is 2.59. The van der Waals surface area contributed by atoms with E-state index in [0.29, 0.717) is 6.54 Å². The highest BCUT2D eigenvalue weighted by molar-refractivity contribution is 6.04. The van der Waals surface area contributed by atoms with Crippen LogP contribution in [0.4, 0.5) is 0 Å². The molecule has 2 atom stereocenters. The molecule has 1 aromatic rings. The average molecular weight is 275 g/mol. The maximum atomic E-state index is 12.0. The van der Waals surface area contributed by atoms with Gasteiger partial charge in [-0.3, -0.25) is 14.5 Å². The molecule has 0 N–H and O–H groups in total. The van der Waals surface area contributed by atoms with Crippen molar-refractivity contribution in [3.63, 3.8) is 0 Å². The summed E-state index contributed by atoms with van der Waals surface area (Å²) in [6.45, 7) is 4.14. The molecule has 1 heterocycles. The largest absolute Gasteiger partial charge is 0.496 e. The molecule has 2 rings (SSSR count). The van der Waals surface area contributed by atoms with E-state index in [9.17, 15) is 9.59 Å². The van der Waals surface area contributed by atoms with Gasteiger partial charge in [-0.15, -0.1) is 0 Å². The summed E-state index contributed by atoms with van der Waals surface area (Å²) in [7, 11) is 1.65. The number of carbonyl (C=O) groups is 2. The highest BCUT2D eigenvalue weighted by Crippen LogP contribution is 2.26. The quantitative estimate of drug-likeness (QED) is 0.774. The van der Waals surface area contributed by atoms with Crippen LogP contribution in [-0.4, -0.2) is 30.4 Å². The second-order valence-electron chi connectivity index (χ2n) is 5.32. The number of carbonyl (C=O) groups excluding carboxylic acids is 2. The molecule has 20 heavy (non-hydrogen) atoms. The first kappa shape index (κ1) is 14.6. The first-order valence-electron chi connectivity index (χ1n) is 7.03. The maximum Gasteiger partial charge on any atom is 0.232 e. The van der Waals surface area contributed by atoms with Crippen molar-refractivity contribution in [2.24, 2.45) is 11.8 Å². The summed E-state index contributed by atoms with van der Waals surface area (Å²) >= 11 is 0. The van der Waals surface area contributed by atoms with Gasteiger partial charge in [0.1, 0.15) is 5.75 Å². The van der Waals surface area contributed by atoms with Gasteiger partial charge in [0.2, 0.25) is 11.8 Å². The van der Waals surface area contributed by atoms with Crippen molar-refractivity contribution in [1.82, 2.24) is 4.90 Å². The van der Waals surface area contributed by atoms with Gasteiger partial charge >= 0.3 is 0 Å². The van der Waals surface area contributed by atoms with Gasteiger partial charge in [-0.05, 0) is 24.5 Å². The van der Waals surface area contributed by atoms with Crippen molar-refractivity contribution in [1.29, 1.82) is 0 Å². The Hall–Kier alpha value is -1.84. The van der Waals surface area contributed by atoms with E-state index < -0.39 is 0 Å². The van der Waals surface area contributed by atoms with Crippen LogP contribution in [0.3, 0.4) is 0 Å². The lowest BCUT2D eigenvalue weighted by molar-refractivity contribution is -0.139. The van der Waals surface area contributed by atoms with Gasteiger partial charge in [-0.1, -0.05) is 32.0 Å². The van der Waals surface area contributed by atoms with Crippen molar-refractivity contribution in [3.8, 4) is 5.75 Å². The Morgan fingerprint density at radius 3 is 2.30 bits per heavy atom. The fourth-order valence-electron chi connectivity index (χ4n) is 2.59. The molecule has 1 aliphatic heterocycles. The van der Waals surface area contributed by atoms with E-state index in [2.05, 4.69) is 0 Å². The summed E-state index contributed by atoms with van der Waals surface area (Å²) in [5.74, 6) is 0.404. The third-order valence-electron chi connectivity index (χ3n) is 4.08. The number of benzene rings is 1. The van der Waals surface area contributed by atoms with Crippen molar-refractivity contribution in [2.45, 2.75) is 26.7 Å². The summed E-state index contributed by atoms with van der Waals surface area (Å²) in [5.41, 5.74) is 1.11. The van der Waals surface area contributed by atoms with Gasteiger partial charge in [-0.25, -0.2) is 0 Å². The molecule has 1 aliphatic rings. The van der Waals surface area contributed by atoms with Gasteiger partial charge < -0.3 is 4.74 Å². The zero-order valence-corrected chi connectivity index (χ0v) is 12.3. The second kappa shape index (κ2) is 6.07. The lowest BCUT2D eigenvalue weighted by Crippen LogP contribution is -2.32. The Labute approximate surface area is 119 Å². The predicted molar refractivity (Wildman–Crippen MR) is 76.4 cm³/mol. The molecule has 0 saturated carbocycles. The number of aryl methyl sites for hydroxylation is 1. The highest BCUT2D eigenvalue weighted by Gasteiger charge is 2.41. The van der Waals surface area contributed by atoms with E-state index in [1.165, 1.54) is 4.90 Å². The number of imide groups is 1. The summed E-state index contributed by atoms with van der Waals surface area (Å²) in [4.78, 5) is 25.4. The minimum absolute atomic E-state index is 0.0393. The third kappa shape index (κ3) is 2.69. The molecular formula is C16H21NO3. The van der Waals surface area contributed by atoms with E-state index in [0.717, 1.165) is 24.2 Å². The van der Waals surface area contributed by atoms with Crippen molar-refractivity contribution < 1.29 is 14.3 Å². The molecule has 2 amide bonds. The number of hydrogen-bond acceptors (Lipinski definition) is 3. The van der Waals surface area contributed by atoms with Crippen molar-refractivity contribution in [2.75, 3.05) is 13.7 Å². The smallest absolute Gasteiger partial charge is 0.232 e.